The summed E-state index contributed by atoms with van der Waals surface area (Å²) in [5, 5.41) is 0. The molecule has 0 saturated carbocycles. The Labute approximate surface area is 106 Å². The third kappa shape index (κ3) is 2.47. The van der Waals surface area contributed by atoms with E-state index in [1.165, 1.54) is 0 Å². The molecule has 0 aliphatic carbocycles. The Balaban J connectivity index is 2.07. The number of aromatic nitrogens is 2. The highest BCUT2D eigenvalue weighted by Crippen LogP contribution is 2.12. The normalized spacial score (nSPS) is 19.8. The van der Waals surface area contributed by atoms with Gasteiger partial charge in [-0.3, -0.25) is 9.59 Å². The lowest BCUT2D eigenvalue weighted by Gasteiger charge is -2.39. The summed E-state index contributed by atoms with van der Waals surface area (Å²) in [4.78, 5) is 34.9. The lowest BCUT2D eigenvalue weighted by Crippen LogP contribution is -2.55. The molecule has 0 spiro atoms. The Morgan fingerprint density at radius 1 is 1.28 bits per heavy atom. The van der Waals surface area contributed by atoms with Crippen molar-refractivity contribution in [3.8, 4) is 0 Å². The van der Waals surface area contributed by atoms with Gasteiger partial charge in [0.2, 0.25) is 11.7 Å². The molecule has 1 aromatic rings. The van der Waals surface area contributed by atoms with Crippen molar-refractivity contribution in [3.05, 3.63) is 24.3 Å². The summed E-state index contributed by atoms with van der Waals surface area (Å²) < 4.78 is 0. The van der Waals surface area contributed by atoms with Crippen molar-refractivity contribution in [1.82, 2.24) is 19.8 Å². The molecule has 1 aliphatic heterocycles. The highest BCUT2D eigenvalue weighted by molar-refractivity contribution is 5.90. The zero-order valence-corrected chi connectivity index (χ0v) is 10.5. The van der Waals surface area contributed by atoms with E-state index in [1.54, 1.807) is 35.2 Å². The quantitative estimate of drug-likeness (QED) is 0.710. The summed E-state index contributed by atoms with van der Waals surface area (Å²) in [5.74, 6) is 0.0804. The largest absolute Gasteiger partial charge is 0.339 e. The lowest BCUT2D eigenvalue weighted by molar-refractivity contribution is -0.131. The predicted octanol–water partition coefficient (Wildman–Crippen LogP) is 0.169. The number of nitrogens with zero attached hydrogens (tertiary/aromatic N) is 4. The van der Waals surface area contributed by atoms with Crippen molar-refractivity contribution in [2.45, 2.75) is 19.9 Å². The molecular weight excluding hydrogens is 232 g/mol. The van der Waals surface area contributed by atoms with E-state index in [0.29, 0.717) is 19.6 Å². The first-order valence-electron chi connectivity index (χ1n) is 5.93. The number of amides is 2. The van der Waals surface area contributed by atoms with Gasteiger partial charge in [-0.25, -0.2) is 9.97 Å². The zero-order chi connectivity index (χ0) is 13.1. The molecule has 1 fully saturated rings. The molecule has 2 rings (SSSR count). The van der Waals surface area contributed by atoms with Crippen LogP contribution in [0.4, 0.5) is 0 Å². The Hall–Kier alpha value is -1.98. The summed E-state index contributed by atoms with van der Waals surface area (Å²) in [7, 11) is 0. The number of carbonyl (C=O) groups is 2. The van der Waals surface area contributed by atoms with E-state index >= 15 is 0 Å². The van der Waals surface area contributed by atoms with Crippen molar-refractivity contribution >= 4 is 11.8 Å². The Morgan fingerprint density at radius 3 is 2.50 bits per heavy atom. The minimum Gasteiger partial charge on any atom is -0.339 e. The summed E-state index contributed by atoms with van der Waals surface area (Å²) in [6.45, 7) is 5.13. The van der Waals surface area contributed by atoms with E-state index in [4.69, 9.17) is 0 Å². The molecule has 18 heavy (non-hydrogen) atoms. The van der Waals surface area contributed by atoms with Gasteiger partial charge in [-0.05, 0) is 13.0 Å². The van der Waals surface area contributed by atoms with Crippen LogP contribution in [0.1, 0.15) is 24.5 Å². The lowest BCUT2D eigenvalue weighted by atomic mass is 10.2. The van der Waals surface area contributed by atoms with E-state index in [2.05, 4.69) is 9.97 Å². The van der Waals surface area contributed by atoms with E-state index in [-0.39, 0.29) is 23.7 Å². The maximum atomic E-state index is 12.2. The van der Waals surface area contributed by atoms with Crippen LogP contribution >= 0.6 is 0 Å². The number of hydrogen-bond donors (Lipinski definition) is 0. The van der Waals surface area contributed by atoms with E-state index < -0.39 is 0 Å². The number of carbonyl (C=O) groups excluding carboxylic acids is 2. The van der Waals surface area contributed by atoms with Gasteiger partial charge in [0.25, 0.3) is 5.91 Å². The van der Waals surface area contributed by atoms with E-state index in [0.717, 1.165) is 0 Å². The van der Waals surface area contributed by atoms with Crippen LogP contribution < -0.4 is 0 Å². The fraction of sp³-hybridized carbons (Fsp3) is 0.500. The van der Waals surface area contributed by atoms with E-state index in [9.17, 15) is 9.59 Å². The van der Waals surface area contributed by atoms with Gasteiger partial charge in [0.05, 0.1) is 0 Å². The molecule has 2 heterocycles. The first-order valence-corrected chi connectivity index (χ1v) is 5.93. The summed E-state index contributed by atoms with van der Waals surface area (Å²) in [6.07, 6.45) is 3.10. The highest BCUT2D eigenvalue weighted by atomic mass is 16.2. The molecule has 0 radical (unpaired) electrons. The van der Waals surface area contributed by atoms with Crippen LogP contribution in [0, 0.1) is 0 Å². The Kier molecular flexibility index (Phi) is 3.55. The van der Waals surface area contributed by atoms with Gasteiger partial charge >= 0.3 is 0 Å². The third-order valence-corrected chi connectivity index (χ3v) is 3.09. The fourth-order valence-corrected chi connectivity index (χ4v) is 2.08. The molecule has 0 bridgehead atoms. The molecule has 1 aromatic heterocycles. The summed E-state index contributed by atoms with van der Waals surface area (Å²) in [6, 6.07) is 1.66. The van der Waals surface area contributed by atoms with Gasteiger partial charge in [-0.1, -0.05) is 0 Å². The van der Waals surface area contributed by atoms with Crippen LogP contribution in [0.25, 0.3) is 0 Å². The topological polar surface area (TPSA) is 66.4 Å². The zero-order valence-electron chi connectivity index (χ0n) is 10.5. The smallest absolute Gasteiger partial charge is 0.292 e. The average molecular weight is 248 g/mol. The first kappa shape index (κ1) is 12.5. The number of hydrogen-bond acceptors (Lipinski definition) is 4. The molecule has 96 valence electrons. The minimum absolute atomic E-state index is 0.0149. The summed E-state index contributed by atoms with van der Waals surface area (Å²) in [5.41, 5.74) is 0. The first-order chi connectivity index (χ1) is 8.59. The van der Waals surface area contributed by atoms with Crippen LogP contribution in [-0.4, -0.2) is 57.3 Å². The molecular formula is C12H16N4O2. The van der Waals surface area contributed by atoms with Crippen LogP contribution in [0.15, 0.2) is 18.5 Å². The second-order valence-corrected chi connectivity index (χ2v) is 4.38. The van der Waals surface area contributed by atoms with Crippen molar-refractivity contribution in [2.75, 3.05) is 19.6 Å². The summed E-state index contributed by atoms with van der Waals surface area (Å²) >= 11 is 0. The van der Waals surface area contributed by atoms with Crippen LogP contribution in [0.2, 0.25) is 0 Å². The second-order valence-electron chi connectivity index (χ2n) is 4.38. The molecule has 1 saturated heterocycles. The number of rotatable bonds is 1. The molecule has 0 N–H and O–H groups in total. The SMILES string of the molecule is CC(=O)N1CCN(C(=O)c2ncccn2)C(C)C1. The van der Waals surface area contributed by atoms with Crippen LogP contribution in [0.5, 0.6) is 0 Å². The standard InChI is InChI=1S/C12H16N4O2/c1-9-8-15(10(2)17)6-7-16(9)12(18)11-13-4-3-5-14-11/h3-5,9H,6-8H2,1-2H3. The molecule has 2 amide bonds. The monoisotopic (exact) mass is 248 g/mol. The minimum atomic E-state index is -0.175. The van der Waals surface area contributed by atoms with Gasteiger partial charge in [-0.2, -0.15) is 0 Å². The average Bonchev–Trinajstić information content (AvgIpc) is 2.38. The molecule has 0 aromatic carbocycles. The van der Waals surface area contributed by atoms with Gasteiger partial charge in [-0.15, -0.1) is 0 Å². The Bertz CT molecular complexity index is 449. The van der Waals surface area contributed by atoms with Crippen molar-refractivity contribution in [3.63, 3.8) is 0 Å². The fourth-order valence-electron chi connectivity index (χ4n) is 2.08. The van der Waals surface area contributed by atoms with Crippen LogP contribution in [-0.2, 0) is 4.79 Å². The van der Waals surface area contributed by atoms with Gasteiger partial charge in [0.1, 0.15) is 0 Å². The van der Waals surface area contributed by atoms with Gasteiger partial charge < -0.3 is 9.80 Å². The highest BCUT2D eigenvalue weighted by Gasteiger charge is 2.30. The van der Waals surface area contributed by atoms with Crippen molar-refractivity contribution in [2.24, 2.45) is 0 Å². The van der Waals surface area contributed by atoms with Crippen LogP contribution in [0.3, 0.4) is 0 Å². The van der Waals surface area contributed by atoms with Crippen molar-refractivity contribution in [1.29, 1.82) is 0 Å². The maximum absolute atomic E-state index is 12.2. The number of piperazine rings is 1. The molecule has 1 unspecified atom stereocenters. The van der Waals surface area contributed by atoms with Crippen molar-refractivity contribution < 1.29 is 9.59 Å². The van der Waals surface area contributed by atoms with Gasteiger partial charge in [0.15, 0.2) is 0 Å². The van der Waals surface area contributed by atoms with Gasteiger partial charge in [0, 0.05) is 45.0 Å². The maximum Gasteiger partial charge on any atom is 0.292 e. The molecule has 6 nitrogen and oxygen atoms in total. The second kappa shape index (κ2) is 5.12. The molecule has 6 heteroatoms. The molecule has 1 aliphatic rings. The molecule has 1 atom stereocenters. The predicted molar refractivity (Wildman–Crippen MR) is 64.8 cm³/mol. The Morgan fingerprint density at radius 2 is 1.94 bits per heavy atom. The third-order valence-electron chi connectivity index (χ3n) is 3.09. The van der Waals surface area contributed by atoms with E-state index in [1.807, 2.05) is 6.92 Å².